The summed E-state index contributed by atoms with van der Waals surface area (Å²) in [5, 5.41) is 0. The minimum absolute atomic E-state index is 0.896. The van der Waals surface area contributed by atoms with Gasteiger partial charge in [-0.25, -0.2) is 0 Å². The summed E-state index contributed by atoms with van der Waals surface area (Å²) in [7, 11) is 0. The van der Waals surface area contributed by atoms with Crippen LogP contribution >= 0.6 is 13.4 Å². The average molecular weight is 640 g/mol. The Morgan fingerprint density at radius 2 is 1.00 bits per heavy atom. The van der Waals surface area contributed by atoms with Crippen LogP contribution in [-0.4, -0.2) is 26.4 Å². The molecule has 2 aliphatic heterocycles. The third-order valence-electron chi connectivity index (χ3n) is 7.01. The van der Waals surface area contributed by atoms with E-state index in [4.69, 9.17) is 0 Å². The SMILES string of the molecule is CCCCN1CN(Cc2[c-]c(CN3CN(CCCC)c4ccccc43)ccc2)c2ccccc21.[Br][Pd+]. The number of hydrogen-bond acceptors (Lipinski definition) is 4. The Labute approximate surface area is 234 Å². The van der Waals surface area contributed by atoms with E-state index in [0.29, 0.717) is 0 Å². The molecule has 0 spiro atoms. The first kappa shape index (κ1) is 27.0. The Bertz CT molecular complexity index is 1020. The molecular weight excluding hydrogens is 603 g/mol. The maximum atomic E-state index is 3.76. The molecule has 0 radical (unpaired) electrons. The number of hydrogen-bond donors (Lipinski definition) is 0. The Hall–Kier alpha value is -2.00. The number of benzene rings is 3. The van der Waals surface area contributed by atoms with Gasteiger partial charge in [0, 0.05) is 26.2 Å². The van der Waals surface area contributed by atoms with Crippen molar-refractivity contribution in [2.75, 3.05) is 46.0 Å². The standard InChI is InChI=1S/C30H37N4.BrH.Pd/c1-3-5-18-31-23-33(29-16-9-7-14-27(29)31)21-25-12-11-13-26(20-25)22-34-24-32(19-6-4-2)28-15-8-10-17-30(28)34;;/h7-17H,3-6,18-19,21-24H2,1-2H3;1H;/q-1;;+2/p-1. The van der Waals surface area contributed by atoms with Crippen molar-refractivity contribution >= 4 is 36.2 Å². The monoisotopic (exact) mass is 638 g/mol. The number of anilines is 4. The van der Waals surface area contributed by atoms with E-state index >= 15 is 0 Å². The van der Waals surface area contributed by atoms with Crippen LogP contribution in [0.4, 0.5) is 22.7 Å². The van der Waals surface area contributed by atoms with Gasteiger partial charge in [0.2, 0.25) is 0 Å². The van der Waals surface area contributed by atoms with E-state index in [0.717, 1.165) is 39.5 Å². The van der Waals surface area contributed by atoms with Gasteiger partial charge in [-0.05, 0) is 37.1 Å². The molecule has 5 rings (SSSR count). The molecule has 0 unspecified atom stereocenters. The molecule has 36 heavy (non-hydrogen) atoms. The average Bonchev–Trinajstić information content (AvgIpc) is 3.45. The second kappa shape index (κ2) is 13.5. The van der Waals surface area contributed by atoms with Gasteiger partial charge in [0.25, 0.3) is 0 Å². The molecule has 4 nitrogen and oxygen atoms in total. The molecule has 3 aromatic rings. The van der Waals surface area contributed by atoms with Crippen LogP contribution in [-0.2, 0) is 30.3 Å². The zero-order valence-corrected chi connectivity index (χ0v) is 24.5. The molecule has 0 fully saturated rings. The third kappa shape index (κ3) is 6.28. The van der Waals surface area contributed by atoms with Crippen LogP contribution < -0.4 is 19.6 Å². The molecule has 0 atom stereocenters. The van der Waals surface area contributed by atoms with Gasteiger partial charge in [0.05, 0.1) is 36.1 Å². The summed E-state index contributed by atoms with van der Waals surface area (Å²) in [5.74, 6) is 0. The van der Waals surface area contributed by atoms with Gasteiger partial charge < -0.3 is 19.6 Å². The summed E-state index contributed by atoms with van der Waals surface area (Å²) in [6.45, 7) is 10.5. The molecular formula is C30H37BrN4Pd. The van der Waals surface area contributed by atoms with Crippen molar-refractivity contribution in [1.29, 1.82) is 0 Å². The zero-order valence-electron chi connectivity index (χ0n) is 21.4. The van der Waals surface area contributed by atoms with E-state index < -0.39 is 0 Å². The van der Waals surface area contributed by atoms with Crippen LogP contribution in [0.2, 0.25) is 0 Å². The van der Waals surface area contributed by atoms with E-state index in [1.807, 2.05) is 0 Å². The normalized spacial score (nSPS) is 14.0. The van der Waals surface area contributed by atoms with E-state index in [-0.39, 0.29) is 0 Å². The molecule has 3 aromatic carbocycles. The molecule has 0 saturated heterocycles. The Morgan fingerprint density at radius 3 is 1.39 bits per heavy atom. The summed E-state index contributed by atoms with van der Waals surface area (Å²) in [6.07, 6.45) is 4.92. The van der Waals surface area contributed by atoms with E-state index in [1.165, 1.54) is 59.6 Å². The minimum atomic E-state index is 0.896. The molecule has 0 N–H and O–H groups in total. The molecule has 0 aliphatic carbocycles. The molecule has 0 saturated carbocycles. The second-order valence-electron chi connectivity index (χ2n) is 9.59. The first-order chi connectivity index (χ1) is 17.8. The van der Waals surface area contributed by atoms with E-state index in [2.05, 4.69) is 137 Å². The number of fused-ring (bicyclic) bond motifs is 2. The van der Waals surface area contributed by atoms with Crippen molar-refractivity contribution in [3.05, 3.63) is 83.9 Å². The van der Waals surface area contributed by atoms with Gasteiger partial charge in [0.15, 0.2) is 0 Å². The van der Waals surface area contributed by atoms with Gasteiger partial charge in [-0.15, -0.1) is 11.1 Å². The molecule has 2 aliphatic rings. The van der Waals surface area contributed by atoms with Crippen LogP contribution in [0.15, 0.2) is 66.7 Å². The fraction of sp³-hybridized carbons (Fsp3) is 0.400. The van der Waals surface area contributed by atoms with E-state index in [9.17, 15) is 0 Å². The van der Waals surface area contributed by atoms with Gasteiger partial charge in [-0.3, -0.25) is 0 Å². The van der Waals surface area contributed by atoms with Crippen LogP contribution in [0.1, 0.15) is 50.7 Å². The fourth-order valence-electron chi connectivity index (χ4n) is 5.23. The molecule has 6 heteroatoms. The number of rotatable bonds is 10. The van der Waals surface area contributed by atoms with Gasteiger partial charge >= 0.3 is 30.6 Å². The second-order valence-corrected chi connectivity index (χ2v) is 9.59. The quantitative estimate of drug-likeness (QED) is 0.168. The van der Waals surface area contributed by atoms with Crippen molar-refractivity contribution in [3.8, 4) is 0 Å². The van der Waals surface area contributed by atoms with Gasteiger partial charge in [-0.2, -0.15) is 24.3 Å². The number of nitrogens with zero attached hydrogens (tertiary/aromatic N) is 4. The van der Waals surface area contributed by atoms with E-state index in [1.54, 1.807) is 0 Å². The first-order valence-corrected chi connectivity index (χ1v) is 16.6. The summed E-state index contributed by atoms with van der Waals surface area (Å²) in [4.78, 5) is 10.0. The van der Waals surface area contributed by atoms with Crippen molar-refractivity contribution in [1.82, 2.24) is 0 Å². The summed E-state index contributed by atoms with van der Waals surface area (Å²) in [5.41, 5.74) is 7.95. The fourth-order valence-corrected chi connectivity index (χ4v) is 5.23. The topological polar surface area (TPSA) is 13.0 Å². The summed E-state index contributed by atoms with van der Waals surface area (Å²) in [6, 6.07) is 28.1. The zero-order chi connectivity index (χ0) is 25.3. The molecule has 0 amide bonds. The Balaban J connectivity index is 0.00000148. The molecule has 2 heterocycles. The van der Waals surface area contributed by atoms with Gasteiger partial charge in [-0.1, -0.05) is 51.0 Å². The van der Waals surface area contributed by atoms with Crippen LogP contribution in [0, 0.1) is 6.07 Å². The summed E-state index contributed by atoms with van der Waals surface area (Å²) < 4.78 is 0. The molecule has 194 valence electrons. The van der Waals surface area contributed by atoms with Crippen molar-refractivity contribution in [2.45, 2.75) is 52.6 Å². The van der Waals surface area contributed by atoms with Crippen molar-refractivity contribution < 1.29 is 17.2 Å². The van der Waals surface area contributed by atoms with Crippen LogP contribution in [0.25, 0.3) is 0 Å². The first-order valence-electron chi connectivity index (χ1n) is 13.1. The predicted molar refractivity (Wildman–Crippen MR) is 154 cm³/mol. The maximum absolute atomic E-state index is 3.76. The van der Waals surface area contributed by atoms with Crippen LogP contribution in [0.3, 0.4) is 0 Å². The van der Waals surface area contributed by atoms with Crippen molar-refractivity contribution in [2.24, 2.45) is 0 Å². The number of para-hydroxylation sites is 4. The van der Waals surface area contributed by atoms with Gasteiger partial charge in [0.1, 0.15) is 0 Å². The predicted octanol–water partition coefficient (Wildman–Crippen LogP) is 7.50. The summed E-state index contributed by atoms with van der Waals surface area (Å²) >= 11 is 5.35. The molecule has 0 aromatic heterocycles. The number of halogens is 1. The Morgan fingerprint density at radius 1 is 0.611 bits per heavy atom. The van der Waals surface area contributed by atoms with Crippen molar-refractivity contribution in [3.63, 3.8) is 0 Å². The Kier molecular flexibility index (Phi) is 10.2. The van der Waals surface area contributed by atoms with Crippen LogP contribution in [0.5, 0.6) is 0 Å². The third-order valence-corrected chi connectivity index (χ3v) is 7.01. The number of unbranched alkanes of at least 4 members (excludes halogenated alkanes) is 2. The molecule has 0 bridgehead atoms.